The number of carbonyl (C=O) groups is 1. The number of aromatic amines is 1. The highest BCUT2D eigenvalue weighted by molar-refractivity contribution is 5.97. The van der Waals surface area contributed by atoms with E-state index in [9.17, 15) is 4.79 Å². The molecule has 1 aliphatic heterocycles. The SMILES string of the molecule is Nc1n[nH]c2ccc([C@@H]3Nc4ccc5c(cnn5C(=O)C5CC5)c4[C@H]4C5CCC(C5)[C@@H]34)cc12. The molecule has 3 fully saturated rings. The van der Waals surface area contributed by atoms with E-state index in [1.807, 2.05) is 6.20 Å². The van der Waals surface area contributed by atoms with E-state index >= 15 is 0 Å². The molecule has 4 aliphatic rings. The molecule has 3 aliphatic carbocycles. The van der Waals surface area contributed by atoms with Crippen LogP contribution < -0.4 is 11.1 Å². The molecule has 33 heavy (non-hydrogen) atoms. The monoisotopic (exact) mass is 438 g/mol. The maximum Gasteiger partial charge on any atom is 0.250 e. The number of nitrogens with one attached hydrogen (secondary N) is 2. The summed E-state index contributed by atoms with van der Waals surface area (Å²) >= 11 is 0. The van der Waals surface area contributed by atoms with Crippen molar-refractivity contribution in [1.82, 2.24) is 20.0 Å². The molecule has 4 N–H and O–H groups in total. The molecule has 7 heteroatoms. The van der Waals surface area contributed by atoms with Gasteiger partial charge in [-0.2, -0.15) is 14.9 Å². The van der Waals surface area contributed by atoms with Crippen LogP contribution in [0.15, 0.2) is 36.5 Å². The summed E-state index contributed by atoms with van der Waals surface area (Å²) in [5.41, 5.74) is 11.9. The Labute approximate surface area is 190 Å². The molecule has 0 amide bonds. The summed E-state index contributed by atoms with van der Waals surface area (Å²) in [7, 11) is 0. The number of hydrogen-bond donors (Lipinski definition) is 3. The maximum atomic E-state index is 12.8. The lowest BCUT2D eigenvalue weighted by atomic mass is 9.67. The molecule has 7 nitrogen and oxygen atoms in total. The summed E-state index contributed by atoms with van der Waals surface area (Å²) < 4.78 is 1.66. The molecule has 2 bridgehead atoms. The Kier molecular flexibility index (Phi) is 3.38. The van der Waals surface area contributed by atoms with Crippen molar-refractivity contribution in [3.05, 3.63) is 47.7 Å². The van der Waals surface area contributed by atoms with Gasteiger partial charge in [-0.15, -0.1) is 0 Å². The van der Waals surface area contributed by atoms with E-state index in [4.69, 9.17) is 5.73 Å². The molecule has 4 aromatic rings. The largest absolute Gasteiger partial charge is 0.382 e. The van der Waals surface area contributed by atoms with Crippen LogP contribution in [0.2, 0.25) is 0 Å². The molecule has 166 valence electrons. The van der Waals surface area contributed by atoms with Gasteiger partial charge in [-0.25, -0.2) is 0 Å². The fraction of sp³-hybridized carbons (Fsp3) is 0.423. The van der Waals surface area contributed by atoms with Gasteiger partial charge in [-0.05, 0) is 91.2 Å². The number of nitrogens with two attached hydrogens (primary N) is 1. The standard InChI is InChI=1S/C26H26N6O/c27-25-16-10-15(5-6-18(16)30-31-25)24-22-14-4-3-13(9-14)21(22)23-17-11-28-32(26(33)12-1-2-12)20(17)8-7-19(23)29-24/h5-8,10-14,21-22,24,29H,1-4,9H2,(H3,27,30,31)/t13?,14?,21-,22+,24-/m0/s1. The minimum absolute atomic E-state index is 0.155. The molecule has 0 saturated heterocycles. The van der Waals surface area contributed by atoms with E-state index < -0.39 is 0 Å². The van der Waals surface area contributed by atoms with Crippen LogP contribution in [0.1, 0.15) is 60.0 Å². The van der Waals surface area contributed by atoms with Crippen molar-refractivity contribution in [2.75, 3.05) is 11.1 Å². The van der Waals surface area contributed by atoms with Gasteiger partial charge in [0.1, 0.15) is 0 Å². The first-order chi connectivity index (χ1) is 16.2. The second kappa shape index (κ2) is 6.16. The van der Waals surface area contributed by atoms with Gasteiger partial charge in [0.25, 0.3) is 5.91 Å². The maximum absolute atomic E-state index is 12.8. The summed E-state index contributed by atoms with van der Waals surface area (Å²) in [6.07, 6.45) is 7.84. The molecule has 2 aromatic heterocycles. The third kappa shape index (κ3) is 2.37. The van der Waals surface area contributed by atoms with E-state index in [-0.39, 0.29) is 17.9 Å². The van der Waals surface area contributed by atoms with Gasteiger partial charge < -0.3 is 11.1 Å². The van der Waals surface area contributed by atoms with E-state index in [1.54, 1.807) is 4.68 Å². The Morgan fingerprint density at radius 2 is 1.94 bits per heavy atom. The molecule has 3 saturated carbocycles. The lowest BCUT2D eigenvalue weighted by Gasteiger charge is -2.43. The smallest absolute Gasteiger partial charge is 0.250 e. The van der Waals surface area contributed by atoms with Crippen molar-refractivity contribution in [1.29, 1.82) is 0 Å². The molecular weight excluding hydrogens is 412 g/mol. The van der Waals surface area contributed by atoms with Crippen molar-refractivity contribution in [2.24, 2.45) is 23.7 Å². The average molecular weight is 439 g/mol. The van der Waals surface area contributed by atoms with E-state index in [0.29, 0.717) is 23.6 Å². The first-order valence-electron chi connectivity index (χ1n) is 12.2. The summed E-state index contributed by atoms with van der Waals surface area (Å²) in [4.78, 5) is 12.8. The van der Waals surface area contributed by atoms with Gasteiger partial charge in [0.05, 0.1) is 23.3 Å². The van der Waals surface area contributed by atoms with E-state index in [0.717, 1.165) is 40.6 Å². The zero-order valence-corrected chi connectivity index (χ0v) is 18.3. The molecule has 3 heterocycles. The predicted octanol–water partition coefficient (Wildman–Crippen LogP) is 4.84. The fourth-order valence-corrected chi connectivity index (χ4v) is 7.35. The highest BCUT2D eigenvalue weighted by Crippen LogP contribution is 2.64. The lowest BCUT2D eigenvalue weighted by molar-refractivity contribution is 0.0876. The van der Waals surface area contributed by atoms with Crippen molar-refractivity contribution >= 4 is 39.2 Å². The molecule has 2 unspecified atom stereocenters. The quantitative estimate of drug-likeness (QED) is 0.416. The number of rotatable bonds is 2. The minimum Gasteiger partial charge on any atom is -0.382 e. The Balaban J connectivity index is 1.29. The molecule has 8 rings (SSSR count). The molecule has 0 spiro atoms. The minimum atomic E-state index is 0.155. The highest BCUT2D eigenvalue weighted by Gasteiger charge is 2.54. The average Bonchev–Trinajstić information content (AvgIpc) is 3.15. The molecule has 5 atom stereocenters. The topological polar surface area (TPSA) is 102 Å². The van der Waals surface area contributed by atoms with Gasteiger partial charge in [0, 0.05) is 22.4 Å². The summed E-state index contributed by atoms with van der Waals surface area (Å²) in [6.45, 7) is 0. The van der Waals surface area contributed by atoms with Crippen molar-refractivity contribution in [3.8, 4) is 0 Å². The summed E-state index contributed by atoms with van der Waals surface area (Å²) in [5, 5.41) is 17.8. The van der Waals surface area contributed by atoms with Crippen LogP contribution in [0, 0.1) is 23.7 Å². The zero-order valence-electron chi connectivity index (χ0n) is 18.3. The third-order valence-corrected chi connectivity index (χ3v) is 8.92. The van der Waals surface area contributed by atoms with Crippen molar-refractivity contribution in [3.63, 3.8) is 0 Å². The van der Waals surface area contributed by atoms with Crippen LogP contribution in [-0.2, 0) is 0 Å². The number of aromatic nitrogens is 4. The van der Waals surface area contributed by atoms with Gasteiger partial charge in [-0.3, -0.25) is 9.89 Å². The highest BCUT2D eigenvalue weighted by atomic mass is 16.2. The molecular formula is C26H26N6O. The number of carbonyl (C=O) groups excluding carboxylic acids is 1. The van der Waals surface area contributed by atoms with Gasteiger partial charge in [0.15, 0.2) is 5.82 Å². The number of nitrogen functional groups attached to an aromatic ring is 1. The summed E-state index contributed by atoms with van der Waals surface area (Å²) in [6, 6.07) is 11.0. The number of nitrogens with zero attached hydrogens (tertiary/aromatic N) is 3. The normalized spacial score (nSPS) is 29.9. The molecule has 0 radical (unpaired) electrons. The number of benzene rings is 2. The summed E-state index contributed by atoms with van der Waals surface area (Å²) in [5.74, 6) is 3.34. The van der Waals surface area contributed by atoms with Crippen LogP contribution in [0.3, 0.4) is 0 Å². The predicted molar refractivity (Wildman–Crippen MR) is 127 cm³/mol. The van der Waals surface area contributed by atoms with Crippen LogP contribution in [-0.4, -0.2) is 25.9 Å². The van der Waals surface area contributed by atoms with E-state index in [1.165, 1.54) is 36.1 Å². The van der Waals surface area contributed by atoms with Crippen LogP contribution >= 0.6 is 0 Å². The second-order valence-electron chi connectivity index (χ2n) is 10.6. The van der Waals surface area contributed by atoms with Gasteiger partial charge >= 0.3 is 0 Å². The lowest BCUT2D eigenvalue weighted by Crippen LogP contribution is -2.35. The van der Waals surface area contributed by atoms with Crippen LogP contribution in [0.4, 0.5) is 11.5 Å². The Bertz CT molecular complexity index is 1460. The first kappa shape index (κ1) is 18.1. The Hall–Kier alpha value is -3.35. The number of fused-ring (bicyclic) bond motifs is 10. The number of H-pyrrole nitrogens is 1. The fourth-order valence-electron chi connectivity index (χ4n) is 7.35. The van der Waals surface area contributed by atoms with Crippen molar-refractivity contribution < 1.29 is 4.79 Å². The molecule has 2 aromatic carbocycles. The third-order valence-electron chi connectivity index (χ3n) is 8.92. The Morgan fingerprint density at radius 3 is 2.82 bits per heavy atom. The van der Waals surface area contributed by atoms with E-state index in [2.05, 4.69) is 50.9 Å². The van der Waals surface area contributed by atoms with Crippen LogP contribution in [0.5, 0.6) is 0 Å². The number of hydrogen-bond acceptors (Lipinski definition) is 5. The van der Waals surface area contributed by atoms with Gasteiger partial charge in [-0.1, -0.05) is 6.07 Å². The van der Waals surface area contributed by atoms with Crippen LogP contribution in [0.25, 0.3) is 21.8 Å². The number of anilines is 2. The Morgan fingerprint density at radius 1 is 1.06 bits per heavy atom. The zero-order chi connectivity index (χ0) is 21.8. The first-order valence-corrected chi connectivity index (χ1v) is 12.2. The second-order valence-corrected chi connectivity index (χ2v) is 10.6. The van der Waals surface area contributed by atoms with Gasteiger partial charge in [0.2, 0.25) is 0 Å². The van der Waals surface area contributed by atoms with Crippen molar-refractivity contribution in [2.45, 2.75) is 44.1 Å².